The summed E-state index contributed by atoms with van der Waals surface area (Å²) < 4.78 is 0. The molecule has 0 amide bonds. The molecule has 1 saturated carbocycles. The van der Waals surface area contributed by atoms with Crippen LogP contribution in [0.25, 0.3) is 0 Å². The minimum Gasteiger partial charge on any atom is -0.382 e. The summed E-state index contributed by atoms with van der Waals surface area (Å²) in [4.78, 5) is 2.28. The molecule has 4 nitrogen and oxygen atoms in total. The van der Waals surface area contributed by atoms with E-state index in [2.05, 4.69) is 15.1 Å². The van der Waals surface area contributed by atoms with Crippen LogP contribution in [0.3, 0.4) is 0 Å². The molecule has 0 atom stereocenters. The highest BCUT2D eigenvalue weighted by Crippen LogP contribution is 2.48. The smallest absolute Gasteiger partial charge is 0.151 e. The molecule has 1 saturated heterocycles. The first-order valence-corrected chi connectivity index (χ1v) is 5.12. The summed E-state index contributed by atoms with van der Waals surface area (Å²) in [6, 6.07) is 3.77. The molecule has 1 spiro atoms. The molecule has 1 aromatic heterocycles. The number of nitrogens with zero attached hydrogens (tertiary/aromatic N) is 3. The monoisotopic (exact) mass is 190 g/mol. The van der Waals surface area contributed by atoms with Crippen LogP contribution in [-0.2, 0) is 0 Å². The molecule has 4 heteroatoms. The molecule has 0 bridgehead atoms. The van der Waals surface area contributed by atoms with Gasteiger partial charge in [0.15, 0.2) is 5.82 Å². The van der Waals surface area contributed by atoms with Crippen LogP contribution in [-0.4, -0.2) is 23.3 Å². The molecule has 14 heavy (non-hydrogen) atoms. The summed E-state index contributed by atoms with van der Waals surface area (Å²) in [6.07, 6.45) is 4.19. The summed E-state index contributed by atoms with van der Waals surface area (Å²) in [5.41, 5.74) is 6.13. The molecule has 2 heterocycles. The Labute approximate surface area is 83.1 Å². The number of anilines is 2. The summed E-state index contributed by atoms with van der Waals surface area (Å²) in [6.45, 7) is 2.32. The van der Waals surface area contributed by atoms with Gasteiger partial charge in [-0.3, -0.25) is 0 Å². The molecule has 2 fully saturated rings. The van der Waals surface area contributed by atoms with E-state index in [9.17, 15) is 0 Å². The lowest BCUT2D eigenvalue weighted by atomic mass is 9.63. The zero-order valence-electron chi connectivity index (χ0n) is 8.11. The number of rotatable bonds is 1. The molecular weight excluding hydrogens is 176 g/mol. The predicted molar refractivity (Wildman–Crippen MR) is 54.9 cm³/mol. The van der Waals surface area contributed by atoms with E-state index >= 15 is 0 Å². The molecular formula is C10H14N4. The Morgan fingerprint density at radius 3 is 2.50 bits per heavy atom. The van der Waals surface area contributed by atoms with Gasteiger partial charge in [-0.2, -0.15) is 0 Å². The predicted octanol–water partition coefficient (Wildman–Crippen LogP) is 1.05. The zero-order valence-corrected chi connectivity index (χ0v) is 8.11. The maximum absolute atomic E-state index is 5.48. The second kappa shape index (κ2) is 2.59. The van der Waals surface area contributed by atoms with Gasteiger partial charge in [-0.05, 0) is 25.0 Å². The van der Waals surface area contributed by atoms with Crippen LogP contribution in [0.15, 0.2) is 12.1 Å². The minimum atomic E-state index is 0.493. The Balaban J connectivity index is 1.70. The summed E-state index contributed by atoms with van der Waals surface area (Å²) in [5, 5.41) is 7.93. The van der Waals surface area contributed by atoms with Crippen molar-refractivity contribution in [3.63, 3.8) is 0 Å². The van der Waals surface area contributed by atoms with Gasteiger partial charge in [-0.25, -0.2) is 0 Å². The van der Waals surface area contributed by atoms with Crippen LogP contribution in [0.2, 0.25) is 0 Å². The SMILES string of the molecule is Nc1ccc(N2CC3(CCC3)C2)nn1. The van der Waals surface area contributed by atoms with Crippen molar-refractivity contribution in [3.05, 3.63) is 12.1 Å². The summed E-state index contributed by atoms with van der Waals surface area (Å²) in [5.74, 6) is 1.46. The van der Waals surface area contributed by atoms with Crippen molar-refractivity contribution in [2.75, 3.05) is 23.7 Å². The zero-order chi connectivity index (χ0) is 9.60. The Hall–Kier alpha value is -1.32. The third-order valence-electron chi connectivity index (χ3n) is 3.46. The normalized spacial score (nSPS) is 23.0. The van der Waals surface area contributed by atoms with E-state index in [1.807, 2.05) is 12.1 Å². The third kappa shape index (κ3) is 1.06. The van der Waals surface area contributed by atoms with Gasteiger partial charge >= 0.3 is 0 Å². The van der Waals surface area contributed by atoms with Crippen LogP contribution in [0, 0.1) is 5.41 Å². The number of hydrogen-bond donors (Lipinski definition) is 1. The number of nitrogens with two attached hydrogens (primary N) is 1. The Kier molecular flexibility index (Phi) is 1.48. The van der Waals surface area contributed by atoms with E-state index in [0.717, 1.165) is 18.9 Å². The van der Waals surface area contributed by atoms with E-state index in [1.165, 1.54) is 19.3 Å². The molecule has 0 aromatic carbocycles. The molecule has 1 aromatic rings. The van der Waals surface area contributed by atoms with E-state index in [1.54, 1.807) is 0 Å². The number of hydrogen-bond acceptors (Lipinski definition) is 4. The second-order valence-electron chi connectivity index (χ2n) is 4.53. The molecule has 2 aliphatic rings. The number of aromatic nitrogens is 2. The first-order valence-electron chi connectivity index (χ1n) is 5.12. The van der Waals surface area contributed by atoms with Crippen molar-refractivity contribution >= 4 is 11.6 Å². The molecule has 1 aliphatic heterocycles. The van der Waals surface area contributed by atoms with E-state index in [0.29, 0.717) is 11.2 Å². The van der Waals surface area contributed by atoms with Crippen molar-refractivity contribution in [1.82, 2.24) is 10.2 Å². The molecule has 1 aliphatic carbocycles. The van der Waals surface area contributed by atoms with Gasteiger partial charge < -0.3 is 10.6 Å². The molecule has 74 valence electrons. The van der Waals surface area contributed by atoms with Crippen LogP contribution in [0.4, 0.5) is 11.6 Å². The first-order chi connectivity index (χ1) is 6.77. The van der Waals surface area contributed by atoms with Gasteiger partial charge in [0.05, 0.1) is 0 Å². The van der Waals surface area contributed by atoms with Crippen LogP contribution in [0.5, 0.6) is 0 Å². The highest BCUT2D eigenvalue weighted by atomic mass is 15.3. The summed E-state index contributed by atoms with van der Waals surface area (Å²) >= 11 is 0. The van der Waals surface area contributed by atoms with Crippen molar-refractivity contribution < 1.29 is 0 Å². The van der Waals surface area contributed by atoms with Crippen molar-refractivity contribution in [2.45, 2.75) is 19.3 Å². The van der Waals surface area contributed by atoms with Gasteiger partial charge in [0.2, 0.25) is 0 Å². The van der Waals surface area contributed by atoms with Gasteiger partial charge in [-0.1, -0.05) is 6.42 Å². The van der Waals surface area contributed by atoms with E-state index in [4.69, 9.17) is 5.73 Å². The lowest BCUT2D eigenvalue weighted by molar-refractivity contribution is 0.0895. The van der Waals surface area contributed by atoms with E-state index in [-0.39, 0.29) is 0 Å². The highest BCUT2D eigenvalue weighted by molar-refractivity contribution is 5.45. The maximum atomic E-state index is 5.48. The van der Waals surface area contributed by atoms with Gasteiger partial charge in [0, 0.05) is 18.5 Å². The lowest BCUT2D eigenvalue weighted by Crippen LogP contribution is -2.60. The first kappa shape index (κ1) is 8.03. The fourth-order valence-corrected chi connectivity index (χ4v) is 2.42. The molecule has 0 unspecified atom stereocenters. The van der Waals surface area contributed by atoms with Crippen LogP contribution < -0.4 is 10.6 Å². The van der Waals surface area contributed by atoms with Crippen molar-refractivity contribution in [3.8, 4) is 0 Å². The highest BCUT2D eigenvalue weighted by Gasteiger charge is 2.47. The maximum Gasteiger partial charge on any atom is 0.151 e. The van der Waals surface area contributed by atoms with Gasteiger partial charge in [-0.15, -0.1) is 10.2 Å². The fraction of sp³-hybridized carbons (Fsp3) is 0.600. The minimum absolute atomic E-state index is 0.493. The van der Waals surface area contributed by atoms with Gasteiger partial charge in [0.25, 0.3) is 0 Å². The fourth-order valence-electron chi connectivity index (χ4n) is 2.42. The Bertz CT molecular complexity index is 334. The molecule has 2 N–H and O–H groups in total. The van der Waals surface area contributed by atoms with E-state index < -0.39 is 0 Å². The van der Waals surface area contributed by atoms with Crippen molar-refractivity contribution in [1.29, 1.82) is 0 Å². The Morgan fingerprint density at radius 1 is 1.21 bits per heavy atom. The molecule has 0 radical (unpaired) electrons. The van der Waals surface area contributed by atoms with Crippen molar-refractivity contribution in [2.24, 2.45) is 5.41 Å². The second-order valence-corrected chi connectivity index (χ2v) is 4.53. The average Bonchev–Trinajstić information content (AvgIpc) is 2.03. The van der Waals surface area contributed by atoms with Crippen LogP contribution in [0.1, 0.15) is 19.3 Å². The molecule has 3 rings (SSSR count). The van der Waals surface area contributed by atoms with Crippen LogP contribution >= 0.6 is 0 Å². The number of nitrogen functional groups attached to an aromatic ring is 1. The Morgan fingerprint density at radius 2 is 2.00 bits per heavy atom. The topological polar surface area (TPSA) is 55.0 Å². The lowest BCUT2D eigenvalue weighted by Gasteiger charge is -2.56. The third-order valence-corrected chi connectivity index (χ3v) is 3.46. The summed E-state index contributed by atoms with van der Waals surface area (Å²) in [7, 11) is 0. The largest absolute Gasteiger partial charge is 0.382 e. The standard InChI is InChI=1S/C10H14N4/c11-8-2-3-9(13-12-8)14-6-10(7-14)4-1-5-10/h2-3H,1,4-7H2,(H2,11,12). The average molecular weight is 190 g/mol. The van der Waals surface area contributed by atoms with Gasteiger partial charge in [0.1, 0.15) is 5.82 Å². The quantitative estimate of drug-likeness (QED) is 0.719.